The van der Waals surface area contributed by atoms with Crippen LogP contribution in [-0.2, 0) is 4.79 Å². The molecule has 0 bridgehead atoms. The Kier molecular flexibility index (Phi) is 6.64. The number of amides is 2. The van der Waals surface area contributed by atoms with Crippen molar-refractivity contribution in [3.63, 3.8) is 0 Å². The molecule has 0 fully saturated rings. The Balaban J connectivity index is 2.41. The third kappa shape index (κ3) is 6.04. The molecule has 102 valence electrons. The van der Waals surface area contributed by atoms with Gasteiger partial charge >= 0.3 is 0 Å². The first-order valence-corrected chi connectivity index (χ1v) is 6.67. The molecule has 19 heavy (non-hydrogen) atoms. The molecule has 2 amide bonds. The van der Waals surface area contributed by atoms with Crippen molar-refractivity contribution in [2.75, 3.05) is 19.7 Å². The first-order chi connectivity index (χ1) is 9.13. The molecule has 1 aromatic rings. The topological polar surface area (TPSA) is 78.4 Å². The highest BCUT2D eigenvalue weighted by Gasteiger charge is 2.07. The molecule has 1 rings (SSSR count). The molecule has 1 heterocycles. The summed E-state index contributed by atoms with van der Waals surface area (Å²) in [4.78, 5) is 23.7. The molecule has 0 unspecified atom stereocenters. The van der Waals surface area contributed by atoms with Gasteiger partial charge < -0.3 is 15.7 Å². The van der Waals surface area contributed by atoms with Gasteiger partial charge in [-0.15, -0.1) is 11.3 Å². The van der Waals surface area contributed by atoms with Crippen molar-refractivity contribution in [1.29, 1.82) is 0 Å². The number of aliphatic hydroxyl groups is 1. The predicted molar refractivity (Wildman–Crippen MR) is 73.9 cm³/mol. The van der Waals surface area contributed by atoms with E-state index in [0.29, 0.717) is 24.4 Å². The maximum atomic E-state index is 11.7. The van der Waals surface area contributed by atoms with E-state index < -0.39 is 0 Å². The van der Waals surface area contributed by atoms with Crippen molar-refractivity contribution < 1.29 is 14.7 Å². The van der Waals surface area contributed by atoms with Crippen LogP contribution in [0.3, 0.4) is 0 Å². The van der Waals surface area contributed by atoms with E-state index >= 15 is 0 Å². The van der Waals surface area contributed by atoms with E-state index in [1.165, 1.54) is 18.3 Å². The molecule has 5 nitrogen and oxygen atoms in total. The minimum absolute atomic E-state index is 0.0366. The van der Waals surface area contributed by atoms with Crippen LogP contribution in [0.4, 0.5) is 0 Å². The molecular weight excluding hydrogens is 264 g/mol. The summed E-state index contributed by atoms with van der Waals surface area (Å²) in [6.07, 6.45) is 0.427. The van der Waals surface area contributed by atoms with Gasteiger partial charge in [-0.3, -0.25) is 9.59 Å². The zero-order valence-electron chi connectivity index (χ0n) is 10.7. The second-order valence-electron chi connectivity index (χ2n) is 3.68. The first-order valence-electron chi connectivity index (χ1n) is 5.85. The highest BCUT2D eigenvalue weighted by molar-refractivity contribution is 7.14. The summed E-state index contributed by atoms with van der Waals surface area (Å²) in [5.74, 6) is 5.38. The average molecular weight is 280 g/mol. The Morgan fingerprint density at radius 2 is 2.05 bits per heavy atom. The van der Waals surface area contributed by atoms with Gasteiger partial charge in [0.15, 0.2) is 0 Å². The Morgan fingerprint density at radius 3 is 2.74 bits per heavy atom. The Morgan fingerprint density at radius 1 is 1.32 bits per heavy atom. The van der Waals surface area contributed by atoms with Crippen LogP contribution >= 0.6 is 11.3 Å². The summed E-state index contributed by atoms with van der Waals surface area (Å²) in [5.41, 5.74) is 0. The van der Waals surface area contributed by atoms with Gasteiger partial charge in [0, 0.05) is 26.4 Å². The summed E-state index contributed by atoms with van der Waals surface area (Å²) in [6.45, 7) is 2.27. The van der Waals surface area contributed by atoms with E-state index in [0.717, 1.165) is 4.88 Å². The monoisotopic (exact) mass is 280 g/mol. The molecule has 0 saturated carbocycles. The highest BCUT2D eigenvalue weighted by Crippen LogP contribution is 2.15. The SMILES string of the molecule is CC(=O)NCCNC(=O)c1ccc(C#CCCO)s1. The van der Waals surface area contributed by atoms with Crippen LogP contribution in [-0.4, -0.2) is 36.6 Å². The molecule has 6 heteroatoms. The molecule has 0 spiro atoms. The third-order valence-corrected chi connectivity index (χ3v) is 3.06. The van der Waals surface area contributed by atoms with Crippen LogP contribution in [0.5, 0.6) is 0 Å². The fourth-order valence-electron chi connectivity index (χ4n) is 1.23. The number of rotatable bonds is 5. The molecule has 0 aliphatic carbocycles. The summed E-state index contributed by atoms with van der Waals surface area (Å²) in [7, 11) is 0. The highest BCUT2D eigenvalue weighted by atomic mass is 32.1. The quantitative estimate of drug-likeness (QED) is 0.538. The van der Waals surface area contributed by atoms with Crippen LogP contribution in [0.2, 0.25) is 0 Å². The summed E-state index contributed by atoms with van der Waals surface area (Å²) >= 11 is 1.30. The number of hydrogen-bond donors (Lipinski definition) is 3. The lowest BCUT2D eigenvalue weighted by atomic mass is 10.4. The number of thiophene rings is 1. The van der Waals surface area contributed by atoms with Crippen molar-refractivity contribution in [2.45, 2.75) is 13.3 Å². The van der Waals surface area contributed by atoms with Gasteiger partial charge in [-0.2, -0.15) is 0 Å². The van der Waals surface area contributed by atoms with Gasteiger partial charge in [0.05, 0.1) is 16.4 Å². The fourth-order valence-corrected chi connectivity index (χ4v) is 2.03. The van der Waals surface area contributed by atoms with Crippen molar-refractivity contribution >= 4 is 23.2 Å². The maximum absolute atomic E-state index is 11.7. The van der Waals surface area contributed by atoms with Crippen LogP contribution in [0, 0.1) is 11.8 Å². The van der Waals surface area contributed by atoms with Gasteiger partial charge in [-0.1, -0.05) is 11.8 Å². The number of carbonyl (C=O) groups is 2. The largest absolute Gasteiger partial charge is 0.395 e. The molecule has 0 aliphatic rings. The number of aliphatic hydroxyl groups excluding tert-OH is 1. The average Bonchev–Trinajstić information content (AvgIpc) is 2.83. The summed E-state index contributed by atoms with van der Waals surface area (Å²) in [6, 6.07) is 3.49. The smallest absolute Gasteiger partial charge is 0.261 e. The Bertz CT molecular complexity index is 499. The molecular formula is C13H16N2O3S. The number of hydrogen-bond acceptors (Lipinski definition) is 4. The first kappa shape index (κ1) is 15.2. The molecule has 0 atom stereocenters. The van der Waals surface area contributed by atoms with E-state index in [2.05, 4.69) is 22.5 Å². The summed E-state index contributed by atoms with van der Waals surface area (Å²) in [5, 5.41) is 13.9. The minimum atomic E-state index is -0.175. The fraction of sp³-hybridized carbons (Fsp3) is 0.385. The standard InChI is InChI=1S/C13H16N2O3S/c1-10(17)14-7-8-15-13(18)12-6-5-11(19-12)4-2-3-9-16/h5-6,16H,3,7-9H2,1H3,(H,14,17)(H,15,18). The second-order valence-corrected chi connectivity index (χ2v) is 4.76. The van der Waals surface area contributed by atoms with Crippen molar-refractivity contribution in [1.82, 2.24) is 10.6 Å². The molecule has 0 saturated heterocycles. The Labute approximate surface area is 116 Å². The van der Waals surface area contributed by atoms with Gasteiger partial charge in [0.2, 0.25) is 5.91 Å². The van der Waals surface area contributed by atoms with Crippen LogP contribution in [0.15, 0.2) is 12.1 Å². The normalized spacial score (nSPS) is 9.37. The van der Waals surface area contributed by atoms with Crippen molar-refractivity contribution in [2.24, 2.45) is 0 Å². The van der Waals surface area contributed by atoms with E-state index in [1.807, 2.05) is 0 Å². The zero-order valence-corrected chi connectivity index (χ0v) is 11.5. The maximum Gasteiger partial charge on any atom is 0.261 e. The molecule has 3 N–H and O–H groups in total. The van der Waals surface area contributed by atoms with Crippen LogP contribution < -0.4 is 10.6 Å². The molecule has 0 aliphatic heterocycles. The van der Waals surface area contributed by atoms with E-state index in [9.17, 15) is 9.59 Å². The second kappa shape index (κ2) is 8.29. The lowest BCUT2D eigenvalue weighted by Crippen LogP contribution is -2.33. The van der Waals surface area contributed by atoms with Crippen LogP contribution in [0.25, 0.3) is 0 Å². The minimum Gasteiger partial charge on any atom is -0.395 e. The third-order valence-electron chi connectivity index (χ3n) is 2.06. The van der Waals surface area contributed by atoms with Gasteiger partial charge in [0.1, 0.15) is 0 Å². The number of nitrogens with one attached hydrogen (secondary N) is 2. The van der Waals surface area contributed by atoms with Crippen molar-refractivity contribution in [3.05, 3.63) is 21.9 Å². The zero-order chi connectivity index (χ0) is 14.1. The molecule has 0 aromatic carbocycles. The van der Waals surface area contributed by atoms with E-state index in [4.69, 9.17) is 5.11 Å². The lowest BCUT2D eigenvalue weighted by Gasteiger charge is -2.03. The van der Waals surface area contributed by atoms with Gasteiger partial charge in [0.25, 0.3) is 5.91 Å². The lowest BCUT2D eigenvalue weighted by molar-refractivity contribution is -0.118. The van der Waals surface area contributed by atoms with Crippen LogP contribution in [0.1, 0.15) is 27.9 Å². The van der Waals surface area contributed by atoms with E-state index in [1.54, 1.807) is 12.1 Å². The Hall–Kier alpha value is -1.84. The van der Waals surface area contributed by atoms with Crippen molar-refractivity contribution in [3.8, 4) is 11.8 Å². The molecule has 0 radical (unpaired) electrons. The van der Waals surface area contributed by atoms with Gasteiger partial charge in [-0.05, 0) is 12.1 Å². The summed E-state index contributed by atoms with van der Waals surface area (Å²) < 4.78 is 0. The predicted octanol–water partition coefficient (Wildman–Crippen LogP) is 0.348. The van der Waals surface area contributed by atoms with E-state index in [-0.39, 0.29) is 18.4 Å². The molecule has 1 aromatic heterocycles. The van der Waals surface area contributed by atoms with Gasteiger partial charge in [-0.25, -0.2) is 0 Å². The number of carbonyl (C=O) groups excluding carboxylic acids is 2.